The van der Waals surface area contributed by atoms with Gasteiger partial charge in [-0.05, 0) is 62.0 Å². The van der Waals surface area contributed by atoms with Crippen LogP contribution in [-0.2, 0) is 9.59 Å². The third kappa shape index (κ3) is 4.42. The number of hydrogen-bond acceptors (Lipinski definition) is 3. The molecule has 2 fully saturated rings. The second-order valence-electron chi connectivity index (χ2n) is 7.71. The van der Waals surface area contributed by atoms with Crippen LogP contribution < -0.4 is 10.2 Å². The number of rotatable bonds is 5. The van der Waals surface area contributed by atoms with E-state index in [1.165, 1.54) is 5.56 Å². The molecule has 5 nitrogen and oxygen atoms in total. The Morgan fingerprint density at radius 1 is 1.00 bits per heavy atom. The largest absolute Gasteiger partial charge is 0.325 e. The van der Waals surface area contributed by atoms with Gasteiger partial charge >= 0.3 is 0 Å². The zero-order valence-corrected chi connectivity index (χ0v) is 16.1. The molecule has 28 heavy (non-hydrogen) atoms. The van der Waals surface area contributed by atoms with E-state index in [2.05, 4.69) is 40.5 Å². The zero-order chi connectivity index (χ0) is 19.3. The quantitative estimate of drug-likeness (QED) is 0.866. The van der Waals surface area contributed by atoms with Gasteiger partial charge in [-0.3, -0.25) is 14.5 Å². The number of benzene rings is 2. The zero-order valence-electron chi connectivity index (χ0n) is 16.1. The fourth-order valence-corrected chi connectivity index (χ4v) is 4.23. The molecule has 2 aliphatic rings. The molecule has 0 aliphatic carbocycles. The van der Waals surface area contributed by atoms with Crippen LogP contribution in [0.3, 0.4) is 0 Å². The monoisotopic (exact) mass is 377 g/mol. The molecule has 4 rings (SSSR count). The van der Waals surface area contributed by atoms with Crippen molar-refractivity contribution in [3.05, 3.63) is 60.2 Å². The van der Waals surface area contributed by atoms with Gasteiger partial charge in [0.25, 0.3) is 0 Å². The molecule has 2 aliphatic heterocycles. The summed E-state index contributed by atoms with van der Waals surface area (Å²) >= 11 is 0. The molecule has 146 valence electrons. The normalized spacial score (nSPS) is 18.4. The van der Waals surface area contributed by atoms with Gasteiger partial charge in [0.1, 0.15) is 0 Å². The molecule has 2 aromatic carbocycles. The van der Waals surface area contributed by atoms with E-state index in [9.17, 15) is 9.59 Å². The molecule has 0 radical (unpaired) electrons. The van der Waals surface area contributed by atoms with Crippen LogP contribution >= 0.6 is 0 Å². The van der Waals surface area contributed by atoms with E-state index in [4.69, 9.17) is 0 Å². The van der Waals surface area contributed by atoms with E-state index < -0.39 is 0 Å². The Hall–Kier alpha value is -2.66. The van der Waals surface area contributed by atoms with E-state index in [0.29, 0.717) is 18.9 Å². The Bertz CT molecular complexity index is 829. The van der Waals surface area contributed by atoms with Gasteiger partial charge in [-0.1, -0.05) is 36.4 Å². The topological polar surface area (TPSA) is 52.7 Å². The van der Waals surface area contributed by atoms with Crippen molar-refractivity contribution < 1.29 is 9.59 Å². The van der Waals surface area contributed by atoms with E-state index >= 15 is 0 Å². The fraction of sp³-hybridized carbons (Fsp3) is 0.391. The van der Waals surface area contributed by atoms with Gasteiger partial charge in [0.2, 0.25) is 11.8 Å². The molecular formula is C23H27N3O2. The summed E-state index contributed by atoms with van der Waals surface area (Å²) in [7, 11) is 0. The van der Waals surface area contributed by atoms with Gasteiger partial charge in [-0.25, -0.2) is 0 Å². The highest BCUT2D eigenvalue weighted by atomic mass is 16.2. The molecule has 0 atom stereocenters. The summed E-state index contributed by atoms with van der Waals surface area (Å²) in [6, 6.07) is 18.2. The van der Waals surface area contributed by atoms with Crippen LogP contribution in [0.5, 0.6) is 0 Å². The van der Waals surface area contributed by atoms with E-state index in [1.807, 2.05) is 24.3 Å². The van der Waals surface area contributed by atoms with Crippen molar-refractivity contribution in [3.63, 3.8) is 0 Å². The summed E-state index contributed by atoms with van der Waals surface area (Å²) in [5, 5.41) is 2.99. The second-order valence-corrected chi connectivity index (χ2v) is 7.71. The number of nitrogens with zero attached hydrogens (tertiary/aromatic N) is 2. The molecule has 0 spiro atoms. The van der Waals surface area contributed by atoms with Crippen LogP contribution in [0.15, 0.2) is 54.6 Å². The first-order valence-electron chi connectivity index (χ1n) is 10.2. The first-order chi connectivity index (χ1) is 13.7. The lowest BCUT2D eigenvalue weighted by molar-refractivity contribution is -0.118. The summed E-state index contributed by atoms with van der Waals surface area (Å²) in [4.78, 5) is 28.4. The first-order valence-corrected chi connectivity index (χ1v) is 10.2. The molecule has 2 aromatic rings. The van der Waals surface area contributed by atoms with Crippen LogP contribution in [0.4, 0.5) is 11.4 Å². The number of hydrogen-bond donors (Lipinski definition) is 1. The van der Waals surface area contributed by atoms with Crippen LogP contribution in [0.25, 0.3) is 0 Å². The van der Waals surface area contributed by atoms with Gasteiger partial charge in [0.05, 0.1) is 6.54 Å². The number of carbonyl (C=O) groups excluding carboxylic acids is 2. The van der Waals surface area contributed by atoms with Crippen molar-refractivity contribution in [3.8, 4) is 0 Å². The molecule has 0 saturated carbocycles. The predicted octanol–water partition coefficient (Wildman–Crippen LogP) is 3.63. The standard InChI is InChI=1S/C23H27N3O2/c27-22(17-25-14-11-19(12-15-25)18-6-2-1-3-7-18)24-20-8-4-9-21(16-20)26-13-5-10-23(26)28/h1-4,6-9,16,19H,5,10-15,17H2,(H,24,27). The van der Waals surface area contributed by atoms with Crippen molar-refractivity contribution in [2.24, 2.45) is 0 Å². The third-order valence-corrected chi connectivity index (χ3v) is 5.74. The van der Waals surface area contributed by atoms with Crippen LogP contribution in [0, 0.1) is 0 Å². The number of likely N-dealkylation sites (tertiary alicyclic amines) is 1. The number of piperidine rings is 1. The summed E-state index contributed by atoms with van der Waals surface area (Å²) < 4.78 is 0. The van der Waals surface area contributed by atoms with Crippen molar-refractivity contribution >= 4 is 23.2 Å². The van der Waals surface area contributed by atoms with Gasteiger partial charge in [0.15, 0.2) is 0 Å². The number of amides is 2. The average Bonchev–Trinajstić information content (AvgIpc) is 3.15. The molecule has 1 N–H and O–H groups in total. The smallest absolute Gasteiger partial charge is 0.238 e. The van der Waals surface area contributed by atoms with Crippen LogP contribution in [0.2, 0.25) is 0 Å². The fourth-order valence-electron chi connectivity index (χ4n) is 4.23. The minimum Gasteiger partial charge on any atom is -0.325 e. The lowest BCUT2D eigenvalue weighted by atomic mass is 9.89. The number of anilines is 2. The summed E-state index contributed by atoms with van der Waals surface area (Å²) in [5.74, 6) is 0.753. The maximum atomic E-state index is 12.5. The van der Waals surface area contributed by atoms with Gasteiger partial charge < -0.3 is 10.2 Å². The van der Waals surface area contributed by atoms with Gasteiger partial charge in [0, 0.05) is 24.3 Å². The molecule has 2 amide bonds. The van der Waals surface area contributed by atoms with Crippen molar-refractivity contribution in [1.29, 1.82) is 0 Å². The predicted molar refractivity (Wildman–Crippen MR) is 112 cm³/mol. The molecule has 5 heteroatoms. The number of nitrogens with one attached hydrogen (secondary N) is 1. The molecule has 2 saturated heterocycles. The average molecular weight is 377 g/mol. The van der Waals surface area contributed by atoms with E-state index in [-0.39, 0.29) is 11.8 Å². The highest BCUT2D eigenvalue weighted by molar-refractivity contribution is 5.97. The molecular weight excluding hydrogens is 350 g/mol. The molecule has 0 unspecified atom stereocenters. The van der Waals surface area contributed by atoms with E-state index in [0.717, 1.165) is 50.3 Å². The van der Waals surface area contributed by atoms with Crippen molar-refractivity contribution in [1.82, 2.24) is 4.90 Å². The van der Waals surface area contributed by atoms with E-state index in [1.54, 1.807) is 4.90 Å². The molecule has 0 aromatic heterocycles. The lowest BCUT2D eigenvalue weighted by Gasteiger charge is -2.31. The summed E-state index contributed by atoms with van der Waals surface area (Å²) in [6.07, 6.45) is 3.68. The highest BCUT2D eigenvalue weighted by Gasteiger charge is 2.23. The highest BCUT2D eigenvalue weighted by Crippen LogP contribution is 2.28. The van der Waals surface area contributed by atoms with Gasteiger partial charge in [-0.2, -0.15) is 0 Å². The Kier molecular flexibility index (Phi) is 5.72. The molecule has 0 bridgehead atoms. The van der Waals surface area contributed by atoms with Crippen molar-refractivity contribution in [2.75, 3.05) is 36.4 Å². The third-order valence-electron chi connectivity index (χ3n) is 5.74. The minimum absolute atomic E-state index is 0.00283. The maximum Gasteiger partial charge on any atom is 0.238 e. The SMILES string of the molecule is O=C(CN1CCC(c2ccccc2)CC1)Nc1cccc(N2CCCC2=O)c1. The van der Waals surface area contributed by atoms with Crippen LogP contribution in [-0.4, -0.2) is 42.9 Å². The van der Waals surface area contributed by atoms with Gasteiger partial charge in [-0.15, -0.1) is 0 Å². The second kappa shape index (κ2) is 8.57. The Morgan fingerprint density at radius 3 is 2.50 bits per heavy atom. The Labute approximate surface area is 166 Å². The van der Waals surface area contributed by atoms with Crippen LogP contribution in [0.1, 0.15) is 37.2 Å². The first kappa shape index (κ1) is 18.7. The minimum atomic E-state index is 0.00283. The molecule has 2 heterocycles. The van der Waals surface area contributed by atoms with Crippen molar-refractivity contribution in [2.45, 2.75) is 31.6 Å². The Morgan fingerprint density at radius 2 is 1.79 bits per heavy atom. The summed E-state index contributed by atoms with van der Waals surface area (Å²) in [6.45, 7) is 3.05. The Balaban J connectivity index is 1.29. The maximum absolute atomic E-state index is 12.5. The lowest BCUT2D eigenvalue weighted by Crippen LogP contribution is -2.38. The number of carbonyl (C=O) groups is 2. The summed E-state index contributed by atoms with van der Waals surface area (Å²) in [5.41, 5.74) is 3.02.